The zero-order valence-corrected chi connectivity index (χ0v) is 16.9. The van der Waals surface area contributed by atoms with E-state index >= 15 is 0 Å². The van der Waals surface area contributed by atoms with Gasteiger partial charge in [0.2, 0.25) is 0 Å². The molecule has 0 saturated heterocycles. The van der Waals surface area contributed by atoms with Gasteiger partial charge in [0.15, 0.2) is 0 Å². The van der Waals surface area contributed by atoms with E-state index < -0.39 is 0 Å². The third-order valence-corrected chi connectivity index (χ3v) is 5.45. The number of hydrogen-bond acceptors (Lipinski definition) is 3. The minimum Gasteiger partial charge on any atom is -0.306 e. The summed E-state index contributed by atoms with van der Waals surface area (Å²) in [6.07, 6.45) is 7.18. The first-order valence-corrected chi connectivity index (χ1v) is 9.97. The highest BCUT2D eigenvalue weighted by atomic mass is 16.2. The Morgan fingerprint density at radius 2 is 1.52 bits per heavy atom. The maximum absolute atomic E-state index is 13.5. The number of aromatic nitrogens is 2. The van der Waals surface area contributed by atoms with Gasteiger partial charge < -0.3 is 4.57 Å². The molecule has 0 saturated carbocycles. The summed E-state index contributed by atoms with van der Waals surface area (Å²) < 4.78 is 1.91. The summed E-state index contributed by atoms with van der Waals surface area (Å²) in [6, 6.07) is 22.5. The molecule has 1 aliphatic rings. The van der Waals surface area contributed by atoms with Gasteiger partial charge in [-0.25, -0.2) is 9.88 Å². The van der Waals surface area contributed by atoms with Gasteiger partial charge in [0, 0.05) is 29.2 Å². The van der Waals surface area contributed by atoms with Crippen molar-refractivity contribution in [1.29, 1.82) is 0 Å². The molecule has 4 aromatic rings. The van der Waals surface area contributed by atoms with E-state index in [9.17, 15) is 9.59 Å². The fourth-order valence-corrected chi connectivity index (χ4v) is 3.85. The Morgan fingerprint density at radius 3 is 2.23 bits per heavy atom. The number of amides is 2. The van der Waals surface area contributed by atoms with Crippen LogP contribution in [0.15, 0.2) is 91.5 Å². The first kappa shape index (κ1) is 18.8. The van der Waals surface area contributed by atoms with Gasteiger partial charge in [0.25, 0.3) is 11.8 Å². The van der Waals surface area contributed by atoms with E-state index in [2.05, 4.69) is 4.98 Å². The van der Waals surface area contributed by atoms with E-state index in [1.165, 1.54) is 4.90 Å². The van der Waals surface area contributed by atoms with Crippen molar-refractivity contribution in [2.45, 2.75) is 6.92 Å². The Morgan fingerprint density at radius 1 is 0.806 bits per heavy atom. The van der Waals surface area contributed by atoms with Crippen LogP contribution >= 0.6 is 0 Å². The molecule has 5 rings (SSSR count). The van der Waals surface area contributed by atoms with E-state index in [0.29, 0.717) is 22.4 Å². The van der Waals surface area contributed by atoms with Crippen molar-refractivity contribution < 1.29 is 9.59 Å². The fourth-order valence-electron chi connectivity index (χ4n) is 3.85. The lowest BCUT2D eigenvalue weighted by Crippen LogP contribution is -2.42. The summed E-state index contributed by atoms with van der Waals surface area (Å²) >= 11 is 0. The summed E-state index contributed by atoms with van der Waals surface area (Å²) in [7, 11) is 0. The predicted molar refractivity (Wildman–Crippen MR) is 121 cm³/mol. The van der Waals surface area contributed by atoms with Crippen LogP contribution in [0.4, 0.5) is 5.69 Å². The van der Waals surface area contributed by atoms with Crippen LogP contribution in [-0.4, -0.2) is 21.4 Å². The molecule has 2 heterocycles. The van der Waals surface area contributed by atoms with Crippen molar-refractivity contribution in [2.75, 3.05) is 4.90 Å². The number of benzene rings is 3. The molecular weight excluding hydrogens is 386 g/mol. The lowest BCUT2D eigenvalue weighted by atomic mass is 9.91. The zero-order valence-electron chi connectivity index (χ0n) is 16.9. The van der Waals surface area contributed by atoms with Crippen LogP contribution in [0.3, 0.4) is 0 Å². The van der Waals surface area contributed by atoms with Crippen molar-refractivity contribution in [3.8, 4) is 5.69 Å². The number of hydrogen-bond donors (Lipinski definition) is 0. The lowest BCUT2D eigenvalue weighted by Gasteiger charge is -2.29. The van der Waals surface area contributed by atoms with Gasteiger partial charge in [-0.2, -0.15) is 0 Å². The molecule has 5 heteroatoms. The molecule has 0 bridgehead atoms. The highest BCUT2D eigenvalue weighted by Gasteiger charge is 2.36. The van der Waals surface area contributed by atoms with Gasteiger partial charge in [0.1, 0.15) is 0 Å². The molecule has 0 spiro atoms. The summed E-state index contributed by atoms with van der Waals surface area (Å²) in [5, 5.41) is 0. The number of fused-ring (bicyclic) bond motifs is 1. The van der Waals surface area contributed by atoms with Gasteiger partial charge in [0.05, 0.1) is 12.0 Å². The molecule has 31 heavy (non-hydrogen) atoms. The second-order valence-corrected chi connectivity index (χ2v) is 7.40. The molecule has 150 valence electrons. The van der Waals surface area contributed by atoms with Crippen LogP contribution in [-0.2, 0) is 4.79 Å². The second kappa shape index (κ2) is 7.54. The third-order valence-electron chi connectivity index (χ3n) is 5.45. The van der Waals surface area contributed by atoms with Crippen LogP contribution in [0.5, 0.6) is 0 Å². The highest BCUT2D eigenvalue weighted by molar-refractivity contribution is 6.43. The minimum atomic E-state index is -0.323. The van der Waals surface area contributed by atoms with Gasteiger partial charge in [-0.15, -0.1) is 0 Å². The average molecular weight is 405 g/mol. The summed E-state index contributed by atoms with van der Waals surface area (Å²) in [5.74, 6) is -0.626. The maximum Gasteiger partial charge on any atom is 0.265 e. The van der Waals surface area contributed by atoms with Gasteiger partial charge >= 0.3 is 0 Å². The van der Waals surface area contributed by atoms with E-state index in [0.717, 1.165) is 16.8 Å². The molecule has 5 nitrogen and oxygen atoms in total. The third kappa shape index (κ3) is 3.26. The van der Waals surface area contributed by atoms with Gasteiger partial charge in [-0.3, -0.25) is 9.59 Å². The first-order chi connectivity index (χ1) is 15.1. The number of anilines is 1. The summed E-state index contributed by atoms with van der Waals surface area (Å²) in [5.41, 5.74) is 5.00. The van der Waals surface area contributed by atoms with Gasteiger partial charge in [-0.1, -0.05) is 48.5 Å². The lowest BCUT2D eigenvalue weighted by molar-refractivity contribution is -0.112. The molecule has 0 atom stereocenters. The minimum absolute atomic E-state index is 0.303. The van der Waals surface area contributed by atoms with Crippen LogP contribution < -0.4 is 4.90 Å². The van der Waals surface area contributed by atoms with Crippen molar-refractivity contribution in [3.05, 3.63) is 114 Å². The summed E-state index contributed by atoms with van der Waals surface area (Å²) in [6.45, 7) is 1.90. The first-order valence-electron chi connectivity index (χ1n) is 9.97. The standard InChI is InChI=1S/C26H19N3O2/c1-18-6-2-5-9-24(18)29-25(30)22-8-4-3-7-21(22)23(26(29)31)16-19-10-12-20(13-11-19)28-15-14-27-17-28/h2-17H,1H3/b23-16+. The number of carbonyl (C=O) groups excluding carboxylic acids is 2. The SMILES string of the molecule is Cc1ccccc1N1C(=O)/C(=C/c2ccc(-n3ccnc3)cc2)c2ccccc2C1=O. The van der Waals surface area contributed by atoms with Gasteiger partial charge in [-0.05, 0) is 54.0 Å². The molecule has 0 unspecified atom stereocenters. The monoisotopic (exact) mass is 405 g/mol. The fraction of sp³-hybridized carbons (Fsp3) is 0.0385. The van der Waals surface area contributed by atoms with Crippen LogP contribution in [0, 0.1) is 6.92 Å². The van der Waals surface area contributed by atoms with Crippen LogP contribution in [0.1, 0.15) is 27.0 Å². The molecule has 3 aromatic carbocycles. The smallest absolute Gasteiger partial charge is 0.265 e. The molecule has 1 aromatic heterocycles. The van der Waals surface area contributed by atoms with E-state index in [-0.39, 0.29) is 11.8 Å². The van der Waals surface area contributed by atoms with E-state index in [4.69, 9.17) is 0 Å². The van der Waals surface area contributed by atoms with Crippen molar-refractivity contribution in [3.63, 3.8) is 0 Å². The number of imidazole rings is 1. The average Bonchev–Trinajstić information content (AvgIpc) is 3.33. The highest BCUT2D eigenvalue weighted by Crippen LogP contribution is 2.34. The molecule has 0 aliphatic carbocycles. The number of imide groups is 1. The maximum atomic E-state index is 13.5. The Labute approximate surface area is 179 Å². The molecule has 0 radical (unpaired) electrons. The number of aryl methyl sites for hydroxylation is 1. The quantitative estimate of drug-likeness (QED) is 0.360. The Balaban J connectivity index is 1.61. The molecule has 2 amide bonds. The summed E-state index contributed by atoms with van der Waals surface area (Å²) in [4.78, 5) is 32.1. The molecule has 1 aliphatic heterocycles. The number of rotatable bonds is 3. The van der Waals surface area contributed by atoms with Crippen LogP contribution in [0.25, 0.3) is 17.3 Å². The number of carbonyl (C=O) groups is 2. The Bertz CT molecular complexity index is 1320. The number of para-hydroxylation sites is 1. The van der Waals surface area contributed by atoms with Crippen molar-refractivity contribution >= 4 is 29.2 Å². The zero-order chi connectivity index (χ0) is 21.4. The van der Waals surface area contributed by atoms with E-state index in [1.54, 1.807) is 24.7 Å². The van der Waals surface area contributed by atoms with Crippen molar-refractivity contribution in [1.82, 2.24) is 9.55 Å². The Hall–Kier alpha value is -4.25. The van der Waals surface area contributed by atoms with E-state index in [1.807, 2.05) is 84.4 Å². The topological polar surface area (TPSA) is 55.2 Å². The van der Waals surface area contributed by atoms with Crippen LogP contribution in [0.2, 0.25) is 0 Å². The predicted octanol–water partition coefficient (Wildman–Crippen LogP) is 4.91. The Kier molecular flexibility index (Phi) is 4.56. The normalized spacial score (nSPS) is 14.7. The second-order valence-electron chi connectivity index (χ2n) is 7.40. The number of nitrogens with zero attached hydrogens (tertiary/aromatic N) is 3. The molecular formula is C26H19N3O2. The largest absolute Gasteiger partial charge is 0.306 e. The molecule has 0 fully saturated rings. The molecule has 0 N–H and O–H groups in total. The van der Waals surface area contributed by atoms with Crippen molar-refractivity contribution in [2.24, 2.45) is 0 Å².